The standard InChI is InChI=1S/C17H33N3O2/c1-4-18-15(20-13-17(3)10-7-11-22-17)19-12-16(2)9-6-5-8-14(16)21/h14,21H,4-13H2,1-3H3,(H2,18,19,20). The summed E-state index contributed by atoms with van der Waals surface area (Å²) >= 11 is 0. The molecular weight excluding hydrogens is 278 g/mol. The molecule has 1 aliphatic carbocycles. The Balaban J connectivity index is 1.91. The first kappa shape index (κ1) is 17.5. The zero-order valence-electron chi connectivity index (χ0n) is 14.5. The van der Waals surface area contributed by atoms with Crippen LogP contribution in [0.4, 0.5) is 0 Å². The Hall–Kier alpha value is -0.810. The lowest BCUT2D eigenvalue weighted by molar-refractivity contribution is 0.00701. The van der Waals surface area contributed by atoms with Gasteiger partial charge in [-0.05, 0) is 39.5 Å². The summed E-state index contributed by atoms with van der Waals surface area (Å²) in [7, 11) is 0. The number of aliphatic hydroxyl groups excluding tert-OH is 1. The van der Waals surface area contributed by atoms with Crippen molar-refractivity contribution in [2.24, 2.45) is 10.4 Å². The predicted molar refractivity (Wildman–Crippen MR) is 90.2 cm³/mol. The number of ether oxygens (including phenoxy) is 1. The Morgan fingerprint density at radius 2 is 2.05 bits per heavy atom. The molecule has 1 heterocycles. The zero-order chi connectivity index (χ0) is 16.1. The molecule has 5 heteroatoms. The maximum Gasteiger partial charge on any atom is 0.191 e. The molecule has 0 aromatic carbocycles. The second kappa shape index (κ2) is 7.64. The maximum atomic E-state index is 10.3. The fraction of sp³-hybridized carbons (Fsp3) is 0.941. The van der Waals surface area contributed by atoms with E-state index in [9.17, 15) is 5.11 Å². The third-order valence-corrected chi connectivity index (χ3v) is 5.15. The maximum absolute atomic E-state index is 10.3. The molecule has 0 bridgehead atoms. The molecule has 3 N–H and O–H groups in total. The predicted octanol–water partition coefficient (Wildman–Crippen LogP) is 2.05. The molecule has 1 saturated carbocycles. The van der Waals surface area contributed by atoms with Crippen LogP contribution >= 0.6 is 0 Å². The van der Waals surface area contributed by atoms with Crippen LogP contribution in [0.5, 0.6) is 0 Å². The fourth-order valence-electron chi connectivity index (χ4n) is 3.41. The Morgan fingerprint density at radius 1 is 1.23 bits per heavy atom. The van der Waals surface area contributed by atoms with Gasteiger partial charge in [-0.15, -0.1) is 0 Å². The molecule has 1 saturated heterocycles. The van der Waals surface area contributed by atoms with Gasteiger partial charge in [0.05, 0.1) is 18.2 Å². The van der Waals surface area contributed by atoms with E-state index >= 15 is 0 Å². The Bertz CT molecular complexity index is 380. The van der Waals surface area contributed by atoms with Crippen molar-refractivity contribution in [2.45, 2.75) is 71.0 Å². The Labute approximate surface area is 134 Å². The molecule has 0 amide bonds. The van der Waals surface area contributed by atoms with E-state index < -0.39 is 0 Å². The van der Waals surface area contributed by atoms with Crippen molar-refractivity contribution < 1.29 is 9.84 Å². The summed E-state index contributed by atoms with van der Waals surface area (Å²) in [6.07, 6.45) is 6.28. The van der Waals surface area contributed by atoms with E-state index in [1.807, 2.05) is 0 Å². The Kier molecular flexibility index (Phi) is 6.09. The van der Waals surface area contributed by atoms with Crippen LogP contribution in [-0.4, -0.2) is 49.0 Å². The normalized spacial score (nSPS) is 36.4. The number of aliphatic imine (C=N–C) groups is 1. The number of nitrogens with one attached hydrogen (secondary N) is 2. The SMILES string of the molecule is CCNC(=NCC1(C)CCCCC1O)NCC1(C)CCCO1. The van der Waals surface area contributed by atoms with E-state index in [1.54, 1.807) is 0 Å². The number of hydrogen-bond donors (Lipinski definition) is 3. The summed E-state index contributed by atoms with van der Waals surface area (Å²) in [5.74, 6) is 0.832. The van der Waals surface area contributed by atoms with Gasteiger partial charge in [0, 0.05) is 25.1 Å². The first-order chi connectivity index (χ1) is 10.5. The van der Waals surface area contributed by atoms with Gasteiger partial charge in [0.1, 0.15) is 0 Å². The number of nitrogens with zero attached hydrogens (tertiary/aromatic N) is 1. The molecule has 0 spiro atoms. The second-order valence-electron chi connectivity index (χ2n) is 7.37. The van der Waals surface area contributed by atoms with Crippen molar-refractivity contribution in [3.05, 3.63) is 0 Å². The van der Waals surface area contributed by atoms with Crippen molar-refractivity contribution in [1.82, 2.24) is 10.6 Å². The monoisotopic (exact) mass is 311 g/mol. The van der Waals surface area contributed by atoms with Crippen LogP contribution in [0.1, 0.15) is 59.3 Å². The van der Waals surface area contributed by atoms with Crippen molar-refractivity contribution >= 4 is 5.96 Å². The van der Waals surface area contributed by atoms with E-state index in [1.165, 1.54) is 6.42 Å². The van der Waals surface area contributed by atoms with Gasteiger partial charge in [0.15, 0.2) is 5.96 Å². The van der Waals surface area contributed by atoms with E-state index in [0.717, 1.165) is 57.8 Å². The molecular formula is C17H33N3O2. The molecule has 22 heavy (non-hydrogen) atoms. The van der Waals surface area contributed by atoms with Gasteiger partial charge in [-0.2, -0.15) is 0 Å². The fourth-order valence-corrected chi connectivity index (χ4v) is 3.41. The zero-order valence-corrected chi connectivity index (χ0v) is 14.5. The van der Waals surface area contributed by atoms with E-state index in [4.69, 9.17) is 9.73 Å². The largest absolute Gasteiger partial charge is 0.392 e. The lowest BCUT2D eigenvalue weighted by atomic mass is 9.73. The van der Waals surface area contributed by atoms with Gasteiger partial charge in [0.2, 0.25) is 0 Å². The van der Waals surface area contributed by atoms with Gasteiger partial charge in [0.25, 0.3) is 0 Å². The first-order valence-electron chi connectivity index (χ1n) is 8.82. The van der Waals surface area contributed by atoms with E-state index in [-0.39, 0.29) is 17.1 Å². The molecule has 128 valence electrons. The lowest BCUT2D eigenvalue weighted by Gasteiger charge is -2.37. The molecule has 0 aromatic heterocycles. The molecule has 5 nitrogen and oxygen atoms in total. The van der Waals surface area contributed by atoms with E-state index in [2.05, 4.69) is 31.4 Å². The molecule has 0 radical (unpaired) electrons. The first-order valence-corrected chi connectivity index (χ1v) is 8.82. The molecule has 1 aliphatic heterocycles. The summed E-state index contributed by atoms with van der Waals surface area (Å²) in [4.78, 5) is 4.73. The van der Waals surface area contributed by atoms with Crippen molar-refractivity contribution in [3.8, 4) is 0 Å². The molecule has 0 aromatic rings. The van der Waals surface area contributed by atoms with Crippen molar-refractivity contribution in [1.29, 1.82) is 0 Å². The van der Waals surface area contributed by atoms with Crippen LogP contribution in [0.25, 0.3) is 0 Å². The smallest absolute Gasteiger partial charge is 0.191 e. The topological polar surface area (TPSA) is 65.9 Å². The van der Waals surface area contributed by atoms with Crippen LogP contribution < -0.4 is 10.6 Å². The minimum Gasteiger partial charge on any atom is -0.392 e. The van der Waals surface area contributed by atoms with Crippen molar-refractivity contribution in [3.63, 3.8) is 0 Å². The van der Waals surface area contributed by atoms with Crippen LogP contribution in [-0.2, 0) is 4.74 Å². The van der Waals surface area contributed by atoms with Crippen LogP contribution in [0.2, 0.25) is 0 Å². The molecule has 2 aliphatic rings. The Morgan fingerprint density at radius 3 is 2.68 bits per heavy atom. The third-order valence-electron chi connectivity index (χ3n) is 5.15. The molecule has 3 atom stereocenters. The quantitative estimate of drug-likeness (QED) is 0.537. The number of aliphatic hydroxyl groups is 1. The highest BCUT2D eigenvalue weighted by molar-refractivity contribution is 5.79. The second-order valence-corrected chi connectivity index (χ2v) is 7.37. The number of guanidine groups is 1. The average molecular weight is 311 g/mol. The summed E-state index contributed by atoms with van der Waals surface area (Å²) in [6.45, 7) is 9.52. The number of hydrogen-bond acceptors (Lipinski definition) is 3. The van der Waals surface area contributed by atoms with Gasteiger partial charge < -0.3 is 20.5 Å². The summed E-state index contributed by atoms with van der Waals surface area (Å²) < 4.78 is 5.82. The minimum absolute atomic E-state index is 0.0789. The van der Waals surface area contributed by atoms with Crippen LogP contribution in [0.3, 0.4) is 0 Å². The summed E-state index contributed by atoms with van der Waals surface area (Å²) in [6, 6.07) is 0. The highest BCUT2D eigenvalue weighted by Crippen LogP contribution is 2.36. The average Bonchev–Trinajstić information content (AvgIpc) is 2.93. The summed E-state index contributed by atoms with van der Waals surface area (Å²) in [5, 5.41) is 17.0. The number of rotatable bonds is 5. The molecule has 2 rings (SSSR count). The van der Waals surface area contributed by atoms with Gasteiger partial charge in [-0.1, -0.05) is 19.8 Å². The van der Waals surface area contributed by atoms with E-state index in [0.29, 0.717) is 6.54 Å². The minimum atomic E-state index is -0.233. The van der Waals surface area contributed by atoms with Gasteiger partial charge in [-0.3, -0.25) is 4.99 Å². The highest BCUT2D eigenvalue weighted by atomic mass is 16.5. The van der Waals surface area contributed by atoms with Crippen LogP contribution in [0, 0.1) is 5.41 Å². The van der Waals surface area contributed by atoms with Gasteiger partial charge >= 0.3 is 0 Å². The lowest BCUT2D eigenvalue weighted by Crippen LogP contribution is -2.46. The molecule has 2 fully saturated rings. The third kappa shape index (κ3) is 4.59. The molecule has 3 unspecified atom stereocenters. The highest BCUT2D eigenvalue weighted by Gasteiger charge is 2.35. The summed E-state index contributed by atoms with van der Waals surface area (Å²) in [5.41, 5.74) is -0.168. The van der Waals surface area contributed by atoms with Crippen LogP contribution in [0.15, 0.2) is 4.99 Å². The van der Waals surface area contributed by atoms with Gasteiger partial charge in [-0.25, -0.2) is 0 Å². The van der Waals surface area contributed by atoms with Crippen molar-refractivity contribution in [2.75, 3.05) is 26.2 Å².